The van der Waals surface area contributed by atoms with Crippen LogP contribution in [0.1, 0.15) is 46.9 Å². The van der Waals surface area contributed by atoms with Crippen molar-refractivity contribution in [3.8, 4) is 0 Å². The predicted octanol–water partition coefficient (Wildman–Crippen LogP) is 0.276. The third kappa shape index (κ3) is 2.99. The van der Waals surface area contributed by atoms with Gasteiger partial charge in [-0.3, -0.25) is 29.4 Å². The van der Waals surface area contributed by atoms with Crippen molar-refractivity contribution in [2.75, 3.05) is 24.5 Å². The Hall–Kier alpha value is -2.74. The summed E-state index contributed by atoms with van der Waals surface area (Å²) >= 11 is 0. The van der Waals surface area contributed by atoms with E-state index in [0.29, 0.717) is 17.2 Å². The van der Waals surface area contributed by atoms with Gasteiger partial charge in [0.1, 0.15) is 6.04 Å². The molecule has 8 nitrogen and oxygen atoms in total. The van der Waals surface area contributed by atoms with Crippen LogP contribution >= 0.6 is 0 Å². The standard InChI is InChI=1S/C19H22N4O4/c1-2-11-10-22(8-7-20-11)12-3-4-13-14(9-12)19(27)23(18(13)26)15-5-6-16(24)21-17(15)25/h3-4,9,11,15,20H,2,5-8,10H2,1H3,(H,21,24,25). The summed E-state index contributed by atoms with van der Waals surface area (Å²) in [6.07, 6.45) is 1.30. The van der Waals surface area contributed by atoms with Gasteiger partial charge in [-0.25, -0.2) is 0 Å². The van der Waals surface area contributed by atoms with E-state index in [9.17, 15) is 19.2 Å². The van der Waals surface area contributed by atoms with Crippen LogP contribution in [-0.4, -0.2) is 60.2 Å². The van der Waals surface area contributed by atoms with Gasteiger partial charge in [0, 0.05) is 37.8 Å². The molecule has 0 bridgehead atoms. The summed E-state index contributed by atoms with van der Waals surface area (Å²) in [4.78, 5) is 52.3. The Labute approximate surface area is 156 Å². The van der Waals surface area contributed by atoms with Gasteiger partial charge in [-0.05, 0) is 31.0 Å². The summed E-state index contributed by atoms with van der Waals surface area (Å²) in [7, 11) is 0. The second-order valence-electron chi connectivity index (χ2n) is 7.18. The van der Waals surface area contributed by atoms with E-state index in [2.05, 4.69) is 22.5 Å². The minimum absolute atomic E-state index is 0.119. The molecule has 0 spiro atoms. The minimum Gasteiger partial charge on any atom is -0.369 e. The van der Waals surface area contributed by atoms with Crippen LogP contribution < -0.4 is 15.5 Å². The predicted molar refractivity (Wildman–Crippen MR) is 97.4 cm³/mol. The molecule has 142 valence electrons. The fourth-order valence-corrected chi connectivity index (χ4v) is 3.99. The fourth-order valence-electron chi connectivity index (χ4n) is 3.99. The number of piperidine rings is 1. The molecule has 2 N–H and O–H groups in total. The Bertz CT molecular complexity index is 837. The van der Waals surface area contributed by atoms with E-state index < -0.39 is 23.8 Å². The highest BCUT2D eigenvalue weighted by atomic mass is 16.2. The third-order valence-electron chi connectivity index (χ3n) is 5.54. The van der Waals surface area contributed by atoms with E-state index in [0.717, 1.165) is 36.6 Å². The molecule has 3 aliphatic heterocycles. The first-order valence-electron chi connectivity index (χ1n) is 9.33. The zero-order chi connectivity index (χ0) is 19.1. The number of amides is 4. The van der Waals surface area contributed by atoms with Crippen LogP contribution in [0.15, 0.2) is 18.2 Å². The number of carbonyl (C=O) groups excluding carboxylic acids is 4. The maximum atomic E-state index is 12.9. The SMILES string of the molecule is CCC1CN(c2ccc3c(c2)C(=O)N(C2CCC(=O)NC2=O)C3=O)CCN1. The lowest BCUT2D eigenvalue weighted by Crippen LogP contribution is -2.54. The van der Waals surface area contributed by atoms with Crippen molar-refractivity contribution in [2.45, 2.75) is 38.3 Å². The highest BCUT2D eigenvalue weighted by Gasteiger charge is 2.44. The second-order valence-corrected chi connectivity index (χ2v) is 7.18. The van der Waals surface area contributed by atoms with Gasteiger partial charge in [0.15, 0.2) is 0 Å². The first-order chi connectivity index (χ1) is 13.0. The fraction of sp³-hybridized carbons (Fsp3) is 0.474. The maximum Gasteiger partial charge on any atom is 0.262 e. The lowest BCUT2D eigenvalue weighted by molar-refractivity contribution is -0.136. The molecule has 1 aromatic carbocycles. The van der Waals surface area contributed by atoms with E-state index in [1.165, 1.54) is 0 Å². The summed E-state index contributed by atoms with van der Waals surface area (Å²) in [6.45, 7) is 4.66. The molecular formula is C19H22N4O4. The van der Waals surface area contributed by atoms with E-state index in [-0.39, 0.29) is 18.7 Å². The molecule has 3 aliphatic rings. The maximum absolute atomic E-state index is 12.9. The molecule has 2 unspecified atom stereocenters. The highest BCUT2D eigenvalue weighted by Crippen LogP contribution is 2.31. The van der Waals surface area contributed by atoms with Crippen molar-refractivity contribution in [3.05, 3.63) is 29.3 Å². The molecular weight excluding hydrogens is 348 g/mol. The molecule has 1 aromatic rings. The topological polar surface area (TPSA) is 98.8 Å². The van der Waals surface area contributed by atoms with Gasteiger partial charge in [-0.15, -0.1) is 0 Å². The van der Waals surface area contributed by atoms with Crippen molar-refractivity contribution in [2.24, 2.45) is 0 Å². The van der Waals surface area contributed by atoms with Crippen LogP contribution in [0.3, 0.4) is 0 Å². The van der Waals surface area contributed by atoms with Crippen LogP contribution in [0.2, 0.25) is 0 Å². The van der Waals surface area contributed by atoms with Gasteiger partial charge in [0.05, 0.1) is 11.1 Å². The number of nitrogens with one attached hydrogen (secondary N) is 2. The molecule has 27 heavy (non-hydrogen) atoms. The summed E-state index contributed by atoms with van der Waals surface area (Å²) in [5, 5.41) is 5.66. The van der Waals surface area contributed by atoms with Crippen molar-refractivity contribution in [3.63, 3.8) is 0 Å². The van der Waals surface area contributed by atoms with Crippen LogP contribution in [0.5, 0.6) is 0 Å². The average Bonchev–Trinajstić information content (AvgIpc) is 2.92. The van der Waals surface area contributed by atoms with Crippen molar-refractivity contribution in [1.82, 2.24) is 15.5 Å². The Morgan fingerprint density at radius 3 is 2.63 bits per heavy atom. The van der Waals surface area contributed by atoms with Gasteiger partial charge in [0.25, 0.3) is 11.8 Å². The van der Waals surface area contributed by atoms with E-state index in [4.69, 9.17) is 0 Å². The second kappa shape index (κ2) is 6.77. The van der Waals surface area contributed by atoms with Crippen molar-refractivity contribution >= 4 is 29.3 Å². The number of fused-ring (bicyclic) bond motifs is 1. The van der Waals surface area contributed by atoms with Gasteiger partial charge in [-0.2, -0.15) is 0 Å². The van der Waals surface area contributed by atoms with Crippen LogP contribution in [-0.2, 0) is 9.59 Å². The number of imide groups is 2. The lowest BCUT2D eigenvalue weighted by atomic mass is 10.0. The monoisotopic (exact) mass is 370 g/mol. The first-order valence-corrected chi connectivity index (χ1v) is 9.33. The number of anilines is 1. The van der Waals surface area contributed by atoms with Crippen LogP contribution in [0, 0.1) is 0 Å². The minimum atomic E-state index is -0.929. The molecule has 2 fully saturated rings. The number of benzene rings is 1. The molecule has 0 radical (unpaired) electrons. The average molecular weight is 370 g/mol. The zero-order valence-electron chi connectivity index (χ0n) is 15.2. The Kier molecular flexibility index (Phi) is 4.43. The summed E-state index contributed by atoms with van der Waals surface area (Å²) in [6, 6.07) is 4.74. The van der Waals surface area contributed by atoms with E-state index in [1.807, 2.05) is 6.07 Å². The molecule has 0 aromatic heterocycles. The third-order valence-corrected chi connectivity index (χ3v) is 5.54. The highest BCUT2D eigenvalue weighted by molar-refractivity contribution is 6.23. The smallest absolute Gasteiger partial charge is 0.262 e. The molecule has 3 heterocycles. The zero-order valence-corrected chi connectivity index (χ0v) is 15.2. The van der Waals surface area contributed by atoms with Gasteiger partial charge >= 0.3 is 0 Å². The number of rotatable bonds is 3. The summed E-state index contributed by atoms with van der Waals surface area (Å²) in [5.74, 6) is -1.90. The molecule has 2 saturated heterocycles. The van der Waals surface area contributed by atoms with Gasteiger partial charge in [-0.1, -0.05) is 6.92 Å². The Balaban J connectivity index is 1.60. The van der Waals surface area contributed by atoms with Gasteiger partial charge in [0.2, 0.25) is 11.8 Å². The van der Waals surface area contributed by atoms with Crippen LogP contribution in [0.4, 0.5) is 5.69 Å². The molecule has 0 saturated carbocycles. The number of carbonyl (C=O) groups is 4. The first kappa shape index (κ1) is 17.7. The quantitative estimate of drug-likeness (QED) is 0.742. The lowest BCUT2D eigenvalue weighted by Gasteiger charge is -2.35. The molecule has 4 amide bonds. The summed E-state index contributed by atoms with van der Waals surface area (Å²) in [5.41, 5.74) is 1.55. The molecule has 2 atom stereocenters. The molecule has 8 heteroatoms. The van der Waals surface area contributed by atoms with Gasteiger partial charge < -0.3 is 10.2 Å². The number of hydrogen-bond donors (Lipinski definition) is 2. The van der Waals surface area contributed by atoms with E-state index in [1.54, 1.807) is 12.1 Å². The number of nitrogens with zero attached hydrogens (tertiary/aromatic N) is 2. The number of hydrogen-bond acceptors (Lipinski definition) is 6. The Morgan fingerprint density at radius 2 is 1.89 bits per heavy atom. The molecule has 4 rings (SSSR count). The van der Waals surface area contributed by atoms with Crippen LogP contribution in [0.25, 0.3) is 0 Å². The largest absolute Gasteiger partial charge is 0.369 e. The molecule has 0 aliphatic carbocycles. The van der Waals surface area contributed by atoms with E-state index >= 15 is 0 Å². The van der Waals surface area contributed by atoms with Crippen molar-refractivity contribution in [1.29, 1.82) is 0 Å². The normalized spacial score (nSPS) is 25.7. The number of piperazine rings is 1. The summed E-state index contributed by atoms with van der Waals surface area (Å²) < 4.78 is 0. The van der Waals surface area contributed by atoms with Crippen molar-refractivity contribution < 1.29 is 19.2 Å². The Morgan fingerprint density at radius 1 is 1.11 bits per heavy atom.